The molecule has 1 N–H and O–H groups in total. The maximum atomic E-state index is 14.1. The number of hydrogen-bond acceptors (Lipinski definition) is 4. The molecule has 1 aromatic carbocycles. The van der Waals surface area contributed by atoms with Gasteiger partial charge in [0.1, 0.15) is 10.7 Å². The quantitative estimate of drug-likeness (QED) is 0.897. The second-order valence-electron chi connectivity index (χ2n) is 5.82. The van der Waals surface area contributed by atoms with Crippen molar-refractivity contribution < 1.29 is 17.6 Å². The van der Waals surface area contributed by atoms with E-state index in [1.807, 2.05) is 4.72 Å². The van der Waals surface area contributed by atoms with Gasteiger partial charge in [-0.15, -0.1) is 0 Å². The Kier molecular flexibility index (Phi) is 4.96. The monoisotopic (exact) mass is 370 g/mol. The molecular formula is C16H16ClFN2O3S. The number of aromatic nitrogens is 1. The van der Waals surface area contributed by atoms with Crippen LogP contribution >= 0.6 is 11.6 Å². The first-order chi connectivity index (χ1) is 11.0. The Bertz CT molecular complexity index is 881. The van der Waals surface area contributed by atoms with E-state index in [0.717, 1.165) is 12.3 Å². The van der Waals surface area contributed by atoms with Gasteiger partial charge in [0.2, 0.25) is 5.91 Å². The Morgan fingerprint density at radius 3 is 2.46 bits per heavy atom. The van der Waals surface area contributed by atoms with Gasteiger partial charge in [0.25, 0.3) is 10.0 Å². The van der Waals surface area contributed by atoms with Crippen molar-refractivity contribution in [3.05, 3.63) is 58.6 Å². The van der Waals surface area contributed by atoms with Crippen molar-refractivity contribution in [1.29, 1.82) is 0 Å². The zero-order chi connectivity index (χ0) is 18.1. The molecule has 8 heteroatoms. The summed E-state index contributed by atoms with van der Waals surface area (Å²) in [5.41, 5.74) is -0.731. The average molecular weight is 371 g/mol. The van der Waals surface area contributed by atoms with Gasteiger partial charge in [-0.2, -0.15) is 0 Å². The van der Waals surface area contributed by atoms with Gasteiger partial charge in [0, 0.05) is 22.5 Å². The minimum atomic E-state index is -4.10. The van der Waals surface area contributed by atoms with E-state index in [2.05, 4.69) is 4.98 Å². The molecule has 0 fully saturated rings. The molecule has 24 heavy (non-hydrogen) atoms. The smallest absolute Gasteiger partial charge is 0.265 e. The van der Waals surface area contributed by atoms with Crippen LogP contribution < -0.4 is 4.72 Å². The summed E-state index contributed by atoms with van der Waals surface area (Å²) in [7, 11) is -4.10. The second kappa shape index (κ2) is 6.49. The molecule has 128 valence electrons. The van der Waals surface area contributed by atoms with Crippen molar-refractivity contribution in [3.63, 3.8) is 0 Å². The van der Waals surface area contributed by atoms with Crippen LogP contribution in [-0.2, 0) is 20.2 Å². The number of halogens is 2. The Hall–Kier alpha value is -1.99. The summed E-state index contributed by atoms with van der Waals surface area (Å²) >= 11 is 5.70. The van der Waals surface area contributed by atoms with Gasteiger partial charge in [0.05, 0.1) is 5.41 Å². The summed E-state index contributed by atoms with van der Waals surface area (Å²) < 4.78 is 40.6. The number of benzene rings is 1. The highest BCUT2D eigenvalue weighted by molar-refractivity contribution is 7.90. The first-order valence-corrected chi connectivity index (χ1v) is 8.85. The molecule has 0 radical (unpaired) electrons. The van der Waals surface area contributed by atoms with Crippen molar-refractivity contribution in [2.24, 2.45) is 0 Å². The van der Waals surface area contributed by atoms with Crippen LogP contribution in [0.1, 0.15) is 25.1 Å². The summed E-state index contributed by atoms with van der Waals surface area (Å²) in [6.45, 7) is 4.57. The van der Waals surface area contributed by atoms with Crippen LogP contribution in [-0.4, -0.2) is 19.3 Å². The normalized spacial score (nSPS) is 12.0. The van der Waals surface area contributed by atoms with Crippen LogP contribution in [0.4, 0.5) is 4.39 Å². The molecule has 1 amide bonds. The van der Waals surface area contributed by atoms with Gasteiger partial charge < -0.3 is 0 Å². The van der Waals surface area contributed by atoms with E-state index in [9.17, 15) is 17.6 Å². The Balaban J connectivity index is 2.32. The predicted octanol–water partition coefficient (Wildman–Crippen LogP) is 2.97. The highest BCUT2D eigenvalue weighted by atomic mass is 35.5. The average Bonchev–Trinajstić information content (AvgIpc) is 2.46. The molecule has 2 rings (SSSR count). The van der Waals surface area contributed by atoms with Gasteiger partial charge in [-0.1, -0.05) is 17.7 Å². The highest BCUT2D eigenvalue weighted by Crippen LogP contribution is 2.28. The van der Waals surface area contributed by atoms with Crippen LogP contribution in [0.3, 0.4) is 0 Å². The summed E-state index contributed by atoms with van der Waals surface area (Å²) in [5.74, 6) is -1.54. The first kappa shape index (κ1) is 18.4. The molecule has 5 nitrogen and oxygen atoms in total. The van der Waals surface area contributed by atoms with Gasteiger partial charge >= 0.3 is 0 Å². The number of carbonyl (C=O) groups excluding carboxylic acids is 1. The van der Waals surface area contributed by atoms with Gasteiger partial charge in [-0.25, -0.2) is 17.5 Å². The Labute approximate surface area is 144 Å². The molecule has 0 atom stereocenters. The van der Waals surface area contributed by atoms with Gasteiger partial charge in [0.15, 0.2) is 0 Å². The molecule has 2 aromatic rings. The maximum absolute atomic E-state index is 14.1. The fourth-order valence-corrected chi connectivity index (χ4v) is 3.25. The van der Waals surface area contributed by atoms with Crippen LogP contribution in [0, 0.1) is 12.7 Å². The van der Waals surface area contributed by atoms with E-state index >= 15 is 0 Å². The number of sulfonamides is 1. The fourth-order valence-electron chi connectivity index (χ4n) is 2.04. The number of rotatable bonds is 4. The van der Waals surface area contributed by atoms with Gasteiger partial charge in [-0.3, -0.25) is 9.78 Å². The number of carbonyl (C=O) groups is 1. The van der Waals surface area contributed by atoms with E-state index in [0.29, 0.717) is 5.69 Å². The molecule has 0 unspecified atom stereocenters. The predicted molar refractivity (Wildman–Crippen MR) is 88.7 cm³/mol. The third kappa shape index (κ3) is 3.73. The summed E-state index contributed by atoms with van der Waals surface area (Å²) in [6.07, 6.45) is 1.15. The molecule has 0 aliphatic carbocycles. The van der Waals surface area contributed by atoms with Crippen LogP contribution in [0.15, 0.2) is 41.4 Å². The standard InChI is InChI=1S/C16H16ClFN2O3S/c1-10-4-6-12(9-19-10)24(22,23)20-15(21)16(2,3)13-7-5-11(17)8-14(13)18/h4-9H,1-3H3,(H,20,21). The summed E-state index contributed by atoms with van der Waals surface area (Å²) in [4.78, 5) is 16.2. The minimum absolute atomic E-state index is 0.0432. The molecule has 0 aliphatic heterocycles. The molecular weight excluding hydrogens is 355 g/mol. The first-order valence-electron chi connectivity index (χ1n) is 6.99. The van der Waals surface area contributed by atoms with Gasteiger partial charge in [-0.05, 0) is 45.0 Å². The maximum Gasteiger partial charge on any atom is 0.265 e. The molecule has 1 aromatic heterocycles. The number of nitrogens with zero attached hydrogens (tertiary/aromatic N) is 1. The third-order valence-corrected chi connectivity index (χ3v) is 5.15. The summed E-state index contributed by atoms with van der Waals surface area (Å²) in [6, 6.07) is 6.73. The Morgan fingerprint density at radius 2 is 1.92 bits per heavy atom. The van der Waals surface area contributed by atoms with Crippen LogP contribution in [0.25, 0.3) is 0 Å². The number of amides is 1. The van der Waals surface area contributed by atoms with Crippen molar-refractivity contribution >= 4 is 27.5 Å². The van der Waals surface area contributed by atoms with E-state index in [1.54, 1.807) is 6.92 Å². The lowest BCUT2D eigenvalue weighted by molar-refractivity contribution is -0.123. The molecule has 0 bridgehead atoms. The molecule has 0 saturated carbocycles. The van der Waals surface area contributed by atoms with E-state index in [-0.39, 0.29) is 15.5 Å². The lowest BCUT2D eigenvalue weighted by Gasteiger charge is -2.24. The Morgan fingerprint density at radius 1 is 1.25 bits per heavy atom. The zero-order valence-electron chi connectivity index (χ0n) is 13.3. The zero-order valence-corrected chi connectivity index (χ0v) is 14.9. The molecule has 0 aliphatic rings. The van der Waals surface area contributed by atoms with Crippen molar-refractivity contribution in [3.8, 4) is 0 Å². The molecule has 0 saturated heterocycles. The molecule has 0 spiro atoms. The van der Waals surface area contributed by atoms with Crippen molar-refractivity contribution in [2.45, 2.75) is 31.1 Å². The number of pyridine rings is 1. The largest absolute Gasteiger partial charge is 0.273 e. The lowest BCUT2D eigenvalue weighted by atomic mass is 9.83. The lowest BCUT2D eigenvalue weighted by Crippen LogP contribution is -2.43. The summed E-state index contributed by atoms with van der Waals surface area (Å²) in [5, 5.41) is 0.186. The van der Waals surface area contributed by atoms with Crippen LogP contribution in [0.2, 0.25) is 5.02 Å². The van der Waals surface area contributed by atoms with Crippen LogP contribution in [0.5, 0.6) is 0 Å². The number of nitrogens with one attached hydrogen (secondary N) is 1. The highest BCUT2D eigenvalue weighted by Gasteiger charge is 2.35. The fraction of sp³-hybridized carbons (Fsp3) is 0.250. The molecule has 1 heterocycles. The van der Waals surface area contributed by atoms with Crippen molar-refractivity contribution in [2.75, 3.05) is 0 Å². The topological polar surface area (TPSA) is 76.1 Å². The third-order valence-electron chi connectivity index (χ3n) is 3.59. The van der Waals surface area contributed by atoms with E-state index in [4.69, 9.17) is 11.6 Å². The van der Waals surface area contributed by atoms with Crippen molar-refractivity contribution in [1.82, 2.24) is 9.71 Å². The van der Waals surface area contributed by atoms with E-state index < -0.39 is 27.2 Å². The number of hydrogen-bond donors (Lipinski definition) is 1. The second-order valence-corrected chi connectivity index (χ2v) is 7.94. The SMILES string of the molecule is Cc1ccc(S(=O)(=O)NC(=O)C(C)(C)c2ccc(Cl)cc2F)cn1. The minimum Gasteiger partial charge on any atom is -0.273 e. The number of aryl methyl sites for hydroxylation is 1. The van der Waals surface area contributed by atoms with E-state index in [1.165, 1.54) is 38.1 Å².